The van der Waals surface area contributed by atoms with E-state index in [0.717, 1.165) is 11.1 Å². The number of amides is 1. The third-order valence-electron chi connectivity index (χ3n) is 4.65. The largest absolute Gasteiger partial charge is 0.350 e. The monoisotopic (exact) mass is 422 g/mol. The number of halogens is 1. The predicted molar refractivity (Wildman–Crippen MR) is 113 cm³/mol. The van der Waals surface area contributed by atoms with Crippen LogP contribution in [0.25, 0.3) is 0 Å². The fraction of sp³-hybridized carbons (Fsp3) is 0.381. The second kappa shape index (κ2) is 10.0. The van der Waals surface area contributed by atoms with E-state index >= 15 is 0 Å². The number of hydrogen-bond donors (Lipinski definition) is 1. The number of hydrogen-bond acceptors (Lipinski definition) is 3. The number of carbonyl (C=O) groups excluding carboxylic acids is 1. The van der Waals surface area contributed by atoms with Gasteiger partial charge in [0.25, 0.3) is 0 Å². The zero-order chi connectivity index (χ0) is 20.7. The van der Waals surface area contributed by atoms with Crippen LogP contribution in [0.2, 0.25) is 5.02 Å². The summed E-state index contributed by atoms with van der Waals surface area (Å²) in [6.45, 7) is 6.44. The van der Waals surface area contributed by atoms with Crippen molar-refractivity contribution in [2.45, 2.75) is 44.6 Å². The number of sulfonamides is 1. The number of nitrogens with one attached hydrogen (secondary N) is 1. The van der Waals surface area contributed by atoms with Gasteiger partial charge in [-0.05, 0) is 48.7 Å². The van der Waals surface area contributed by atoms with Crippen LogP contribution >= 0.6 is 11.6 Å². The van der Waals surface area contributed by atoms with E-state index in [0.29, 0.717) is 31.0 Å². The van der Waals surface area contributed by atoms with E-state index in [9.17, 15) is 13.2 Å². The molecule has 5 nitrogen and oxygen atoms in total. The van der Waals surface area contributed by atoms with Crippen molar-refractivity contribution in [2.75, 3.05) is 13.1 Å². The first-order valence-electron chi connectivity index (χ1n) is 9.41. The summed E-state index contributed by atoms with van der Waals surface area (Å²) in [6.07, 6.45) is 0.880. The summed E-state index contributed by atoms with van der Waals surface area (Å²) >= 11 is 5.88. The van der Waals surface area contributed by atoms with Gasteiger partial charge < -0.3 is 5.32 Å². The molecule has 0 aliphatic heterocycles. The standard InChI is InChI=1S/C21H27ClN2O3S/c1-4-24(5-2)28(26,27)20-13-6-17(7-14-20)8-15-21(25)23-16(3)18-9-11-19(22)12-10-18/h6-7,9-14,16H,4-5,8,15H2,1-3H3,(H,23,25)/t16-/m1/s1. The molecule has 1 amide bonds. The van der Waals surface area contributed by atoms with Gasteiger partial charge in [-0.1, -0.05) is 49.7 Å². The van der Waals surface area contributed by atoms with Gasteiger partial charge >= 0.3 is 0 Å². The van der Waals surface area contributed by atoms with Gasteiger partial charge in [0.15, 0.2) is 0 Å². The fourth-order valence-corrected chi connectivity index (χ4v) is 4.53. The van der Waals surface area contributed by atoms with Crippen molar-refractivity contribution in [2.24, 2.45) is 0 Å². The highest BCUT2D eigenvalue weighted by Gasteiger charge is 2.21. The molecule has 7 heteroatoms. The summed E-state index contributed by atoms with van der Waals surface area (Å²) in [4.78, 5) is 12.5. The SMILES string of the molecule is CCN(CC)S(=O)(=O)c1ccc(CCC(=O)N[C@H](C)c2ccc(Cl)cc2)cc1. The molecule has 0 heterocycles. The van der Waals surface area contributed by atoms with Gasteiger partial charge in [-0.2, -0.15) is 4.31 Å². The molecule has 1 N–H and O–H groups in total. The minimum atomic E-state index is -3.45. The average Bonchev–Trinajstić information content (AvgIpc) is 2.68. The predicted octanol–water partition coefficient (Wildman–Crippen LogP) is 4.18. The average molecular weight is 423 g/mol. The van der Waals surface area contributed by atoms with Crippen LogP contribution in [0.4, 0.5) is 0 Å². The summed E-state index contributed by atoms with van der Waals surface area (Å²) in [5.74, 6) is -0.0534. The van der Waals surface area contributed by atoms with Crippen LogP contribution in [-0.4, -0.2) is 31.7 Å². The van der Waals surface area contributed by atoms with Gasteiger partial charge in [-0.3, -0.25) is 4.79 Å². The minimum absolute atomic E-state index is 0.0534. The van der Waals surface area contributed by atoms with E-state index in [4.69, 9.17) is 11.6 Å². The number of carbonyl (C=O) groups is 1. The zero-order valence-electron chi connectivity index (χ0n) is 16.5. The zero-order valence-corrected chi connectivity index (χ0v) is 18.1. The fourth-order valence-electron chi connectivity index (χ4n) is 2.95. The molecule has 0 spiro atoms. The first-order chi connectivity index (χ1) is 13.3. The third kappa shape index (κ3) is 5.80. The highest BCUT2D eigenvalue weighted by atomic mass is 35.5. The molecule has 2 aromatic rings. The molecule has 0 saturated heterocycles. The van der Waals surface area contributed by atoms with Crippen LogP contribution in [0, 0.1) is 0 Å². The molecule has 0 bridgehead atoms. The Morgan fingerprint density at radius 1 is 1.04 bits per heavy atom. The molecule has 0 aliphatic carbocycles. The highest BCUT2D eigenvalue weighted by Crippen LogP contribution is 2.18. The lowest BCUT2D eigenvalue weighted by atomic mass is 10.1. The molecule has 2 rings (SSSR count). The van der Waals surface area contributed by atoms with Crippen molar-refractivity contribution in [3.05, 3.63) is 64.7 Å². The summed E-state index contributed by atoms with van der Waals surface area (Å²) in [7, 11) is -3.45. The third-order valence-corrected chi connectivity index (χ3v) is 6.97. The van der Waals surface area contributed by atoms with Gasteiger partial charge in [0.2, 0.25) is 15.9 Å². The molecule has 0 saturated carbocycles. The minimum Gasteiger partial charge on any atom is -0.350 e. The molecule has 28 heavy (non-hydrogen) atoms. The van der Waals surface area contributed by atoms with Crippen LogP contribution in [0.3, 0.4) is 0 Å². The summed E-state index contributed by atoms with van der Waals surface area (Å²) < 4.78 is 26.4. The molecule has 0 unspecified atom stereocenters. The van der Waals surface area contributed by atoms with Crippen LogP contribution in [-0.2, 0) is 21.2 Å². The van der Waals surface area contributed by atoms with E-state index in [1.807, 2.05) is 32.9 Å². The number of nitrogens with zero attached hydrogens (tertiary/aromatic N) is 1. The van der Waals surface area contributed by atoms with Crippen molar-refractivity contribution in [1.29, 1.82) is 0 Å². The number of benzene rings is 2. The summed E-state index contributed by atoms with van der Waals surface area (Å²) in [5.41, 5.74) is 1.91. The van der Waals surface area contributed by atoms with Crippen molar-refractivity contribution in [3.63, 3.8) is 0 Å². The Labute approximate surface area is 172 Å². The number of aryl methyl sites for hydroxylation is 1. The lowest BCUT2D eigenvalue weighted by Crippen LogP contribution is -2.30. The van der Waals surface area contributed by atoms with Gasteiger partial charge in [-0.25, -0.2) is 8.42 Å². The molecular formula is C21H27ClN2O3S. The van der Waals surface area contributed by atoms with Crippen molar-refractivity contribution >= 4 is 27.5 Å². The van der Waals surface area contributed by atoms with Crippen LogP contribution in [0.5, 0.6) is 0 Å². The molecule has 0 aromatic heterocycles. The van der Waals surface area contributed by atoms with E-state index < -0.39 is 10.0 Å². The molecular weight excluding hydrogens is 396 g/mol. The van der Waals surface area contributed by atoms with Crippen LogP contribution in [0.1, 0.15) is 44.4 Å². The van der Waals surface area contributed by atoms with Gasteiger partial charge in [0, 0.05) is 24.5 Å². The van der Waals surface area contributed by atoms with Crippen molar-refractivity contribution in [1.82, 2.24) is 9.62 Å². The first-order valence-corrected chi connectivity index (χ1v) is 11.2. The van der Waals surface area contributed by atoms with Gasteiger partial charge in [0.05, 0.1) is 10.9 Å². The maximum absolute atomic E-state index is 12.5. The topological polar surface area (TPSA) is 66.5 Å². The Morgan fingerprint density at radius 2 is 1.61 bits per heavy atom. The quantitative estimate of drug-likeness (QED) is 0.659. The molecule has 152 valence electrons. The first kappa shape index (κ1) is 22.4. The van der Waals surface area contributed by atoms with E-state index in [2.05, 4.69) is 5.32 Å². The Balaban J connectivity index is 1.92. The molecule has 0 radical (unpaired) electrons. The second-order valence-electron chi connectivity index (χ2n) is 6.57. The summed E-state index contributed by atoms with van der Waals surface area (Å²) in [6, 6.07) is 14.0. The molecule has 2 aromatic carbocycles. The smallest absolute Gasteiger partial charge is 0.243 e. The normalized spacial score (nSPS) is 12.8. The van der Waals surface area contributed by atoms with E-state index in [1.165, 1.54) is 4.31 Å². The van der Waals surface area contributed by atoms with Gasteiger partial charge in [0.1, 0.15) is 0 Å². The van der Waals surface area contributed by atoms with E-state index in [1.54, 1.807) is 36.4 Å². The van der Waals surface area contributed by atoms with Crippen molar-refractivity contribution in [3.8, 4) is 0 Å². The molecule has 0 fully saturated rings. The lowest BCUT2D eigenvalue weighted by molar-refractivity contribution is -0.121. The lowest BCUT2D eigenvalue weighted by Gasteiger charge is -2.18. The molecule has 1 atom stereocenters. The number of rotatable bonds is 9. The van der Waals surface area contributed by atoms with E-state index in [-0.39, 0.29) is 16.8 Å². The van der Waals surface area contributed by atoms with Gasteiger partial charge in [-0.15, -0.1) is 0 Å². The Kier molecular flexibility index (Phi) is 8.04. The maximum atomic E-state index is 12.5. The Hall–Kier alpha value is -1.89. The second-order valence-corrected chi connectivity index (χ2v) is 8.95. The Bertz CT molecular complexity index is 877. The highest BCUT2D eigenvalue weighted by molar-refractivity contribution is 7.89. The van der Waals surface area contributed by atoms with Crippen LogP contribution < -0.4 is 5.32 Å². The van der Waals surface area contributed by atoms with Crippen LogP contribution in [0.15, 0.2) is 53.4 Å². The Morgan fingerprint density at radius 3 is 2.14 bits per heavy atom. The summed E-state index contributed by atoms with van der Waals surface area (Å²) in [5, 5.41) is 3.63. The van der Waals surface area contributed by atoms with Crippen molar-refractivity contribution < 1.29 is 13.2 Å². The molecule has 0 aliphatic rings. The maximum Gasteiger partial charge on any atom is 0.243 e.